The lowest BCUT2D eigenvalue weighted by molar-refractivity contribution is -0.119. The summed E-state index contributed by atoms with van der Waals surface area (Å²) in [5, 5.41) is 0. The number of amides is 1. The van der Waals surface area contributed by atoms with Gasteiger partial charge in [0.25, 0.3) is 0 Å². The Hall–Kier alpha value is -1.40. The predicted molar refractivity (Wildman–Crippen MR) is 94.7 cm³/mol. The third-order valence-electron chi connectivity index (χ3n) is 5.26. The molecular formula is C18H26N2O3S. The third-order valence-corrected chi connectivity index (χ3v) is 6.78. The monoisotopic (exact) mass is 350 g/mol. The van der Waals surface area contributed by atoms with E-state index in [9.17, 15) is 13.2 Å². The molecule has 0 unspecified atom stereocenters. The second kappa shape index (κ2) is 6.15. The summed E-state index contributed by atoms with van der Waals surface area (Å²) in [5.41, 5.74) is 1.35. The van der Waals surface area contributed by atoms with E-state index in [-0.39, 0.29) is 17.4 Å². The van der Waals surface area contributed by atoms with Gasteiger partial charge in [-0.1, -0.05) is 33.1 Å². The van der Waals surface area contributed by atoms with Crippen LogP contribution < -0.4 is 9.62 Å². The van der Waals surface area contributed by atoms with Crippen molar-refractivity contribution in [2.45, 2.75) is 68.7 Å². The number of nitrogens with one attached hydrogen (secondary N) is 1. The number of carbonyl (C=O) groups excluding carboxylic acids is 1. The summed E-state index contributed by atoms with van der Waals surface area (Å²) in [4.78, 5) is 14.0. The SMILES string of the molecule is CN1C(=O)CC(C)(C)c2cc(S(=O)(=O)NC3CCCCC3)ccc21. The Balaban J connectivity index is 1.94. The molecule has 0 aromatic heterocycles. The zero-order valence-corrected chi connectivity index (χ0v) is 15.4. The Morgan fingerprint density at radius 2 is 1.83 bits per heavy atom. The summed E-state index contributed by atoms with van der Waals surface area (Å²) in [7, 11) is -1.79. The minimum Gasteiger partial charge on any atom is -0.315 e. The molecule has 2 aliphatic rings. The first-order valence-corrected chi connectivity index (χ1v) is 10.1. The first kappa shape index (κ1) is 17.4. The number of nitrogens with zero attached hydrogens (tertiary/aromatic N) is 1. The maximum atomic E-state index is 12.8. The normalized spacial score (nSPS) is 21.6. The Morgan fingerprint density at radius 1 is 1.17 bits per heavy atom. The van der Waals surface area contributed by atoms with E-state index in [2.05, 4.69) is 4.72 Å². The topological polar surface area (TPSA) is 66.5 Å². The van der Waals surface area contributed by atoms with Gasteiger partial charge in [-0.2, -0.15) is 0 Å². The van der Waals surface area contributed by atoms with Crippen molar-refractivity contribution in [3.63, 3.8) is 0 Å². The number of rotatable bonds is 3. The van der Waals surface area contributed by atoms with Crippen molar-refractivity contribution >= 4 is 21.6 Å². The Morgan fingerprint density at radius 3 is 2.50 bits per heavy atom. The fourth-order valence-corrected chi connectivity index (χ4v) is 5.08. The number of carbonyl (C=O) groups is 1. The molecule has 1 N–H and O–H groups in total. The summed E-state index contributed by atoms with van der Waals surface area (Å²) < 4.78 is 28.4. The van der Waals surface area contributed by atoms with E-state index in [1.165, 1.54) is 6.42 Å². The van der Waals surface area contributed by atoms with Crippen LogP contribution in [-0.2, 0) is 20.2 Å². The summed E-state index contributed by atoms with van der Waals surface area (Å²) in [6.45, 7) is 3.98. The molecule has 1 amide bonds. The summed E-state index contributed by atoms with van der Waals surface area (Å²) >= 11 is 0. The molecule has 1 aromatic carbocycles. The minimum atomic E-state index is -3.53. The number of anilines is 1. The third kappa shape index (κ3) is 3.22. The van der Waals surface area contributed by atoms with Crippen LogP contribution in [-0.4, -0.2) is 27.4 Å². The highest BCUT2D eigenvalue weighted by atomic mass is 32.2. The van der Waals surface area contributed by atoms with Crippen LogP contribution in [0.5, 0.6) is 0 Å². The molecule has 1 fully saturated rings. The van der Waals surface area contributed by atoms with Crippen molar-refractivity contribution in [2.24, 2.45) is 0 Å². The van der Waals surface area contributed by atoms with E-state index in [0.29, 0.717) is 11.3 Å². The van der Waals surface area contributed by atoms with Gasteiger partial charge in [0, 0.05) is 30.6 Å². The fourth-order valence-electron chi connectivity index (χ4n) is 3.75. The van der Waals surface area contributed by atoms with Gasteiger partial charge >= 0.3 is 0 Å². The van der Waals surface area contributed by atoms with Crippen molar-refractivity contribution < 1.29 is 13.2 Å². The van der Waals surface area contributed by atoms with Crippen LogP contribution in [0, 0.1) is 0 Å². The number of hydrogen-bond donors (Lipinski definition) is 1. The van der Waals surface area contributed by atoms with Gasteiger partial charge in [-0.15, -0.1) is 0 Å². The van der Waals surface area contributed by atoms with Gasteiger partial charge < -0.3 is 4.90 Å². The number of fused-ring (bicyclic) bond motifs is 1. The average Bonchev–Trinajstić information content (AvgIpc) is 2.52. The quantitative estimate of drug-likeness (QED) is 0.911. The molecule has 1 aliphatic heterocycles. The molecule has 0 bridgehead atoms. The van der Waals surface area contributed by atoms with Crippen molar-refractivity contribution in [3.05, 3.63) is 23.8 Å². The van der Waals surface area contributed by atoms with E-state index in [4.69, 9.17) is 0 Å². The number of benzene rings is 1. The highest BCUT2D eigenvalue weighted by Gasteiger charge is 2.36. The predicted octanol–water partition coefficient (Wildman–Crippen LogP) is 2.94. The lowest BCUT2D eigenvalue weighted by Gasteiger charge is -2.37. The van der Waals surface area contributed by atoms with Gasteiger partial charge in [0.1, 0.15) is 0 Å². The van der Waals surface area contributed by atoms with E-state index in [1.54, 1.807) is 30.1 Å². The number of hydrogen-bond acceptors (Lipinski definition) is 3. The summed E-state index contributed by atoms with van der Waals surface area (Å²) in [5.74, 6) is 0.0587. The molecule has 3 rings (SSSR count). The lowest BCUT2D eigenvalue weighted by atomic mass is 9.77. The summed E-state index contributed by atoms with van der Waals surface area (Å²) in [6.07, 6.45) is 5.55. The largest absolute Gasteiger partial charge is 0.315 e. The van der Waals surface area contributed by atoms with Crippen LogP contribution in [0.2, 0.25) is 0 Å². The first-order valence-electron chi connectivity index (χ1n) is 8.64. The van der Waals surface area contributed by atoms with Crippen LogP contribution in [0.1, 0.15) is 57.9 Å². The van der Waals surface area contributed by atoms with Crippen molar-refractivity contribution in [1.29, 1.82) is 0 Å². The Bertz CT molecular complexity index is 750. The van der Waals surface area contributed by atoms with Gasteiger partial charge in [-0.3, -0.25) is 4.79 Å². The van der Waals surface area contributed by atoms with E-state index in [0.717, 1.165) is 36.9 Å². The van der Waals surface area contributed by atoms with Crippen LogP contribution in [0.25, 0.3) is 0 Å². The molecule has 0 atom stereocenters. The molecule has 1 aliphatic carbocycles. The zero-order valence-electron chi connectivity index (χ0n) is 14.6. The van der Waals surface area contributed by atoms with Crippen molar-refractivity contribution in [3.8, 4) is 0 Å². The van der Waals surface area contributed by atoms with Crippen LogP contribution in [0.4, 0.5) is 5.69 Å². The van der Waals surface area contributed by atoms with Crippen molar-refractivity contribution in [1.82, 2.24) is 4.72 Å². The van der Waals surface area contributed by atoms with E-state index in [1.807, 2.05) is 13.8 Å². The average molecular weight is 350 g/mol. The molecule has 5 nitrogen and oxygen atoms in total. The van der Waals surface area contributed by atoms with E-state index < -0.39 is 10.0 Å². The van der Waals surface area contributed by atoms with Crippen molar-refractivity contribution in [2.75, 3.05) is 11.9 Å². The molecule has 0 radical (unpaired) electrons. The maximum absolute atomic E-state index is 12.8. The standard InChI is InChI=1S/C18H26N2O3S/c1-18(2)12-17(21)20(3)16-10-9-14(11-15(16)18)24(22,23)19-13-7-5-4-6-8-13/h9-11,13,19H,4-8,12H2,1-3H3. The van der Waals surface area contributed by atoms with Gasteiger partial charge in [-0.05, 0) is 36.6 Å². The Labute approximate surface area is 144 Å². The second-order valence-corrected chi connectivity index (χ2v) is 9.36. The molecule has 1 aromatic rings. The fraction of sp³-hybridized carbons (Fsp3) is 0.611. The first-order chi connectivity index (χ1) is 11.2. The van der Waals surface area contributed by atoms with Crippen LogP contribution in [0.15, 0.2) is 23.1 Å². The molecule has 1 saturated carbocycles. The van der Waals surface area contributed by atoms with Crippen LogP contribution >= 0.6 is 0 Å². The summed E-state index contributed by atoms with van der Waals surface area (Å²) in [6, 6.07) is 5.14. The molecule has 0 spiro atoms. The minimum absolute atomic E-state index is 0.0389. The van der Waals surface area contributed by atoms with Gasteiger partial charge in [0.2, 0.25) is 15.9 Å². The highest BCUT2D eigenvalue weighted by Crippen LogP contribution is 2.40. The molecule has 1 heterocycles. The zero-order chi connectivity index (χ0) is 17.5. The molecule has 24 heavy (non-hydrogen) atoms. The Kier molecular flexibility index (Phi) is 4.47. The van der Waals surface area contributed by atoms with Gasteiger partial charge in [-0.25, -0.2) is 13.1 Å². The van der Waals surface area contributed by atoms with Crippen LogP contribution in [0.3, 0.4) is 0 Å². The smallest absolute Gasteiger partial charge is 0.240 e. The molecule has 0 saturated heterocycles. The number of sulfonamides is 1. The lowest BCUT2D eigenvalue weighted by Crippen LogP contribution is -2.40. The van der Waals surface area contributed by atoms with E-state index >= 15 is 0 Å². The van der Waals surface area contributed by atoms with Gasteiger partial charge in [0.15, 0.2) is 0 Å². The molecule has 132 valence electrons. The highest BCUT2D eigenvalue weighted by molar-refractivity contribution is 7.89. The van der Waals surface area contributed by atoms with Gasteiger partial charge in [0.05, 0.1) is 4.90 Å². The second-order valence-electron chi connectivity index (χ2n) is 7.65. The maximum Gasteiger partial charge on any atom is 0.240 e. The molecular weight excluding hydrogens is 324 g/mol. The molecule has 6 heteroatoms.